The van der Waals surface area contributed by atoms with Crippen molar-refractivity contribution in [2.75, 3.05) is 0 Å². The molecule has 1 aliphatic heterocycles. The van der Waals surface area contributed by atoms with Gasteiger partial charge in [0.2, 0.25) is 0 Å². The van der Waals surface area contributed by atoms with Crippen LogP contribution in [-0.4, -0.2) is 9.97 Å². The SMILES string of the molecule is c1ccc(-c2cc(-c3cccc4c3Sc3c(ccc5ccccc35)C43c4ccccc4-c4ccccc43)nc(-c3ccccc3)n2)cc1. The Morgan fingerprint density at radius 1 is 0.396 bits per heavy atom. The number of aromatic nitrogens is 2. The predicted octanol–water partition coefficient (Wildman–Crippen LogP) is 11.5. The van der Waals surface area contributed by atoms with Crippen molar-refractivity contribution in [3.8, 4) is 45.0 Å². The molecule has 1 aromatic heterocycles. The van der Waals surface area contributed by atoms with E-state index in [9.17, 15) is 0 Å². The summed E-state index contributed by atoms with van der Waals surface area (Å²) in [5, 5.41) is 2.53. The molecule has 0 bridgehead atoms. The fourth-order valence-corrected chi connectivity index (χ4v) is 9.36. The fourth-order valence-electron chi connectivity index (χ4n) is 7.91. The van der Waals surface area contributed by atoms with Crippen LogP contribution < -0.4 is 0 Å². The van der Waals surface area contributed by atoms with Crippen molar-refractivity contribution in [1.29, 1.82) is 0 Å². The van der Waals surface area contributed by atoms with Gasteiger partial charge in [-0.25, -0.2) is 9.97 Å². The summed E-state index contributed by atoms with van der Waals surface area (Å²) in [6.45, 7) is 0. The van der Waals surface area contributed by atoms with Gasteiger partial charge in [0.25, 0.3) is 0 Å². The first kappa shape index (κ1) is 27.4. The van der Waals surface area contributed by atoms with Crippen LogP contribution in [0.15, 0.2) is 180 Å². The maximum absolute atomic E-state index is 5.31. The third kappa shape index (κ3) is 3.89. The average Bonchev–Trinajstić information content (AvgIpc) is 3.46. The number of rotatable bonds is 3. The van der Waals surface area contributed by atoms with Crippen LogP contribution in [0.1, 0.15) is 22.3 Å². The van der Waals surface area contributed by atoms with E-state index in [1.54, 1.807) is 0 Å². The highest BCUT2D eigenvalue weighted by Gasteiger charge is 2.50. The van der Waals surface area contributed by atoms with Gasteiger partial charge < -0.3 is 0 Å². The number of hydrogen-bond donors (Lipinski definition) is 0. The van der Waals surface area contributed by atoms with Gasteiger partial charge >= 0.3 is 0 Å². The first-order valence-electron chi connectivity index (χ1n) is 16.3. The monoisotopic (exact) mass is 628 g/mol. The second kappa shape index (κ2) is 10.6. The molecule has 224 valence electrons. The molecular weight excluding hydrogens is 601 g/mol. The van der Waals surface area contributed by atoms with Crippen LogP contribution in [0.3, 0.4) is 0 Å². The van der Waals surface area contributed by atoms with Crippen molar-refractivity contribution >= 4 is 22.5 Å². The lowest BCUT2D eigenvalue weighted by Crippen LogP contribution is -2.32. The van der Waals surface area contributed by atoms with E-state index >= 15 is 0 Å². The topological polar surface area (TPSA) is 25.8 Å². The first-order chi connectivity index (χ1) is 23.8. The Morgan fingerprint density at radius 3 is 1.71 bits per heavy atom. The Balaban J connectivity index is 1.31. The van der Waals surface area contributed by atoms with E-state index in [2.05, 4.69) is 158 Å². The quantitative estimate of drug-likeness (QED) is 0.195. The molecule has 48 heavy (non-hydrogen) atoms. The zero-order valence-electron chi connectivity index (χ0n) is 26.0. The average molecular weight is 629 g/mol. The minimum atomic E-state index is -0.472. The molecule has 7 aromatic carbocycles. The molecule has 2 aliphatic rings. The Labute approximate surface area is 283 Å². The summed E-state index contributed by atoms with van der Waals surface area (Å²) < 4.78 is 0. The second-order valence-electron chi connectivity index (χ2n) is 12.5. The first-order valence-corrected chi connectivity index (χ1v) is 17.2. The number of fused-ring (bicyclic) bond motifs is 11. The van der Waals surface area contributed by atoms with E-state index < -0.39 is 5.41 Å². The number of nitrogens with zero attached hydrogens (tertiary/aromatic N) is 2. The molecule has 8 aromatic rings. The molecule has 0 unspecified atom stereocenters. The molecule has 0 N–H and O–H groups in total. The minimum Gasteiger partial charge on any atom is -0.228 e. The van der Waals surface area contributed by atoms with E-state index in [-0.39, 0.29) is 0 Å². The Kier molecular flexibility index (Phi) is 6.06. The predicted molar refractivity (Wildman–Crippen MR) is 197 cm³/mol. The van der Waals surface area contributed by atoms with Gasteiger partial charge in [-0.2, -0.15) is 0 Å². The molecule has 0 saturated carbocycles. The molecule has 2 nitrogen and oxygen atoms in total. The van der Waals surface area contributed by atoms with Crippen LogP contribution >= 0.6 is 11.8 Å². The van der Waals surface area contributed by atoms with E-state index in [4.69, 9.17) is 9.97 Å². The lowest BCUT2D eigenvalue weighted by atomic mass is 9.66. The normalized spacial score (nSPS) is 13.5. The zero-order chi connectivity index (χ0) is 31.7. The van der Waals surface area contributed by atoms with Gasteiger partial charge in [-0.05, 0) is 50.2 Å². The lowest BCUT2D eigenvalue weighted by molar-refractivity contribution is 0.726. The van der Waals surface area contributed by atoms with Crippen LogP contribution in [-0.2, 0) is 5.41 Å². The van der Waals surface area contributed by atoms with E-state index in [0.717, 1.165) is 33.9 Å². The van der Waals surface area contributed by atoms with Gasteiger partial charge in [-0.15, -0.1) is 0 Å². The highest BCUT2D eigenvalue weighted by molar-refractivity contribution is 8.00. The second-order valence-corrected chi connectivity index (χ2v) is 13.5. The van der Waals surface area contributed by atoms with Gasteiger partial charge in [0.05, 0.1) is 16.8 Å². The summed E-state index contributed by atoms with van der Waals surface area (Å²) >= 11 is 1.89. The van der Waals surface area contributed by atoms with Gasteiger partial charge in [-0.3, -0.25) is 0 Å². The van der Waals surface area contributed by atoms with Crippen LogP contribution in [0.5, 0.6) is 0 Å². The van der Waals surface area contributed by atoms with Crippen molar-refractivity contribution in [3.05, 3.63) is 192 Å². The number of hydrogen-bond acceptors (Lipinski definition) is 3. The van der Waals surface area contributed by atoms with E-state index in [0.29, 0.717) is 0 Å². The van der Waals surface area contributed by atoms with Crippen LogP contribution in [0.4, 0.5) is 0 Å². The largest absolute Gasteiger partial charge is 0.228 e. The molecular formula is C45H28N2S. The molecule has 0 fully saturated rings. The van der Waals surface area contributed by atoms with Gasteiger partial charge in [0.15, 0.2) is 5.82 Å². The maximum Gasteiger partial charge on any atom is 0.160 e. The van der Waals surface area contributed by atoms with Crippen molar-refractivity contribution in [3.63, 3.8) is 0 Å². The fraction of sp³-hybridized carbons (Fsp3) is 0.0222. The van der Waals surface area contributed by atoms with Gasteiger partial charge in [-0.1, -0.05) is 176 Å². The summed E-state index contributed by atoms with van der Waals surface area (Å²) in [4.78, 5) is 13.0. The number of benzene rings is 7. The molecule has 0 saturated heterocycles. The lowest BCUT2D eigenvalue weighted by Gasteiger charge is -2.40. The molecule has 1 aliphatic carbocycles. The molecule has 2 heterocycles. The summed E-state index contributed by atoms with van der Waals surface area (Å²) in [5.74, 6) is 0.725. The summed E-state index contributed by atoms with van der Waals surface area (Å²) in [7, 11) is 0. The zero-order valence-corrected chi connectivity index (χ0v) is 26.8. The smallest absolute Gasteiger partial charge is 0.160 e. The highest BCUT2D eigenvalue weighted by atomic mass is 32.2. The maximum atomic E-state index is 5.31. The Bertz CT molecular complexity index is 2440. The molecule has 0 amide bonds. The van der Waals surface area contributed by atoms with Crippen LogP contribution in [0.25, 0.3) is 55.8 Å². The van der Waals surface area contributed by atoms with Crippen LogP contribution in [0, 0.1) is 0 Å². The minimum absolute atomic E-state index is 0.472. The van der Waals surface area contributed by atoms with Crippen LogP contribution in [0.2, 0.25) is 0 Å². The Hall–Kier alpha value is -5.77. The van der Waals surface area contributed by atoms with Gasteiger partial charge in [0, 0.05) is 26.5 Å². The third-order valence-electron chi connectivity index (χ3n) is 9.96. The molecule has 10 rings (SSSR count). The molecule has 3 heteroatoms. The van der Waals surface area contributed by atoms with Crippen molar-refractivity contribution < 1.29 is 0 Å². The van der Waals surface area contributed by atoms with E-state index in [1.165, 1.54) is 53.9 Å². The summed E-state index contributed by atoms with van der Waals surface area (Å²) in [5.41, 5.74) is 12.5. The van der Waals surface area contributed by atoms with Gasteiger partial charge in [0.1, 0.15) is 0 Å². The van der Waals surface area contributed by atoms with Crippen molar-refractivity contribution in [1.82, 2.24) is 9.97 Å². The molecule has 0 radical (unpaired) electrons. The summed E-state index contributed by atoms with van der Waals surface area (Å²) in [6, 6.07) is 61.2. The Morgan fingerprint density at radius 2 is 0.958 bits per heavy atom. The standard InChI is InChI=1S/C45H28N2S/c1-3-15-30(16-4-1)40-28-41(47-44(46-40)31-17-5-2-6-18-31)35-22-13-25-38-43(35)48-42-32-19-8-7-14-29(32)26-27-39(42)45(38)36-23-11-9-20-33(36)34-21-10-12-24-37(34)45/h1-28H. The van der Waals surface area contributed by atoms with Crippen molar-refractivity contribution in [2.45, 2.75) is 15.2 Å². The van der Waals surface area contributed by atoms with E-state index in [1.807, 2.05) is 23.9 Å². The molecule has 0 atom stereocenters. The summed E-state index contributed by atoms with van der Waals surface area (Å²) in [6.07, 6.45) is 0. The highest BCUT2D eigenvalue weighted by Crippen LogP contribution is 2.64. The molecule has 1 spiro atoms. The third-order valence-corrected chi connectivity index (χ3v) is 11.3. The van der Waals surface area contributed by atoms with Crippen molar-refractivity contribution in [2.24, 2.45) is 0 Å².